The Morgan fingerprint density at radius 1 is 1.32 bits per heavy atom. The van der Waals surface area contributed by atoms with E-state index in [1.807, 2.05) is 13.8 Å². The van der Waals surface area contributed by atoms with Crippen LogP contribution < -0.4 is 0 Å². The lowest BCUT2D eigenvalue weighted by molar-refractivity contribution is 0.0737. The molecular formula is C12H17Br2NO3S. The van der Waals surface area contributed by atoms with Crippen LogP contribution >= 0.6 is 31.9 Å². The second-order valence-corrected chi connectivity index (χ2v) is 8.10. The van der Waals surface area contributed by atoms with E-state index >= 15 is 0 Å². The zero-order chi connectivity index (χ0) is 14.6. The first-order valence-electron chi connectivity index (χ1n) is 5.78. The summed E-state index contributed by atoms with van der Waals surface area (Å²) in [5.41, 5.74) is 0. The Morgan fingerprint density at radius 2 is 1.95 bits per heavy atom. The molecule has 0 aliphatic heterocycles. The number of sulfonamides is 1. The molecule has 0 spiro atoms. The van der Waals surface area contributed by atoms with Gasteiger partial charge in [0.15, 0.2) is 0 Å². The molecule has 1 rings (SSSR count). The van der Waals surface area contributed by atoms with Crippen molar-refractivity contribution in [3.63, 3.8) is 0 Å². The van der Waals surface area contributed by atoms with Gasteiger partial charge in [-0.2, -0.15) is 4.31 Å². The third kappa shape index (κ3) is 4.82. The Balaban J connectivity index is 2.85. The topological polar surface area (TPSA) is 46.6 Å². The third-order valence-electron chi connectivity index (χ3n) is 2.44. The zero-order valence-corrected chi connectivity index (χ0v) is 15.0. The second-order valence-electron chi connectivity index (χ2n) is 4.32. The lowest BCUT2D eigenvalue weighted by Gasteiger charge is -2.19. The Kier molecular flexibility index (Phi) is 6.46. The largest absolute Gasteiger partial charge is 0.377 e. The van der Waals surface area contributed by atoms with Crippen LogP contribution in [0, 0.1) is 0 Å². The number of rotatable bonds is 6. The third-order valence-corrected chi connectivity index (χ3v) is 5.77. The van der Waals surface area contributed by atoms with Crippen molar-refractivity contribution < 1.29 is 13.2 Å². The van der Waals surface area contributed by atoms with E-state index in [-0.39, 0.29) is 11.0 Å². The summed E-state index contributed by atoms with van der Waals surface area (Å²) >= 11 is 6.58. The number of likely N-dealkylation sites (N-methyl/N-ethyl adjacent to an activating group) is 1. The Labute approximate surface area is 131 Å². The first kappa shape index (κ1) is 17.1. The smallest absolute Gasteiger partial charge is 0.244 e. The Bertz CT molecular complexity index is 532. The molecular weight excluding hydrogens is 398 g/mol. The van der Waals surface area contributed by atoms with Gasteiger partial charge in [0.1, 0.15) is 0 Å². The summed E-state index contributed by atoms with van der Waals surface area (Å²) in [5, 5.41) is 0. The van der Waals surface area contributed by atoms with Gasteiger partial charge >= 0.3 is 0 Å². The number of nitrogens with zero attached hydrogens (tertiary/aromatic N) is 1. The maximum Gasteiger partial charge on any atom is 0.244 e. The maximum absolute atomic E-state index is 12.4. The summed E-state index contributed by atoms with van der Waals surface area (Å²) in [7, 11) is -1.95. The number of hydrogen-bond acceptors (Lipinski definition) is 3. The van der Waals surface area contributed by atoms with Gasteiger partial charge in [0.2, 0.25) is 10.0 Å². The van der Waals surface area contributed by atoms with E-state index in [0.717, 1.165) is 4.47 Å². The summed E-state index contributed by atoms with van der Waals surface area (Å²) in [6.45, 7) is 4.53. The summed E-state index contributed by atoms with van der Waals surface area (Å²) in [4.78, 5) is 0.253. The van der Waals surface area contributed by atoms with Crippen molar-refractivity contribution in [2.75, 3.05) is 20.2 Å². The normalized spacial score (nSPS) is 12.4. The van der Waals surface area contributed by atoms with E-state index < -0.39 is 10.0 Å². The lowest BCUT2D eigenvalue weighted by atomic mass is 10.4. The van der Waals surface area contributed by atoms with Crippen molar-refractivity contribution in [2.45, 2.75) is 24.8 Å². The van der Waals surface area contributed by atoms with Crippen LogP contribution in [0.4, 0.5) is 0 Å². The van der Waals surface area contributed by atoms with Gasteiger partial charge < -0.3 is 4.74 Å². The first-order valence-corrected chi connectivity index (χ1v) is 8.80. The summed E-state index contributed by atoms with van der Waals surface area (Å²) < 4.78 is 32.8. The van der Waals surface area contributed by atoms with Crippen LogP contribution in [0.3, 0.4) is 0 Å². The molecule has 1 aromatic carbocycles. The van der Waals surface area contributed by atoms with Crippen molar-refractivity contribution in [1.29, 1.82) is 0 Å². The minimum Gasteiger partial charge on any atom is -0.377 e. The van der Waals surface area contributed by atoms with Gasteiger partial charge in [-0.05, 0) is 48.0 Å². The second kappa shape index (κ2) is 7.17. The molecule has 19 heavy (non-hydrogen) atoms. The average molecular weight is 415 g/mol. The van der Waals surface area contributed by atoms with Gasteiger partial charge in [0.05, 0.1) is 17.6 Å². The van der Waals surface area contributed by atoms with Crippen molar-refractivity contribution in [1.82, 2.24) is 4.31 Å². The van der Waals surface area contributed by atoms with Crippen LogP contribution in [0.5, 0.6) is 0 Å². The van der Waals surface area contributed by atoms with Gasteiger partial charge in [-0.15, -0.1) is 0 Å². The van der Waals surface area contributed by atoms with Crippen LogP contribution in [-0.2, 0) is 14.8 Å². The number of hydrogen-bond donors (Lipinski definition) is 0. The molecule has 0 bridgehead atoms. The molecule has 0 aliphatic rings. The van der Waals surface area contributed by atoms with Gasteiger partial charge in [-0.25, -0.2) is 8.42 Å². The van der Waals surface area contributed by atoms with Crippen LogP contribution in [0.1, 0.15) is 13.8 Å². The molecule has 0 fully saturated rings. The number of halogens is 2. The number of benzene rings is 1. The summed E-state index contributed by atoms with van der Waals surface area (Å²) in [6.07, 6.45) is 0.0931. The lowest BCUT2D eigenvalue weighted by Crippen LogP contribution is -2.31. The van der Waals surface area contributed by atoms with Crippen LogP contribution in [0.25, 0.3) is 0 Å². The molecule has 0 aromatic heterocycles. The molecule has 0 aliphatic carbocycles. The maximum atomic E-state index is 12.4. The quantitative estimate of drug-likeness (QED) is 0.717. The predicted octanol–water partition coefficient (Wildman–Crippen LogP) is 3.26. The van der Waals surface area contributed by atoms with Crippen LogP contribution in [0.15, 0.2) is 32.0 Å². The highest BCUT2D eigenvalue weighted by Gasteiger charge is 2.23. The Hall–Kier alpha value is 0.0500. The van der Waals surface area contributed by atoms with Gasteiger partial charge in [-0.3, -0.25) is 0 Å². The van der Waals surface area contributed by atoms with Gasteiger partial charge in [-0.1, -0.05) is 15.9 Å². The van der Waals surface area contributed by atoms with Crippen LogP contribution in [0.2, 0.25) is 0 Å². The van der Waals surface area contributed by atoms with Gasteiger partial charge in [0.25, 0.3) is 0 Å². The molecule has 0 saturated heterocycles. The summed E-state index contributed by atoms with van der Waals surface area (Å²) in [5.74, 6) is 0. The highest BCUT2D eigenvalue weighted by atomic mass is 79.9. The van der Waals surface area contributed by atoms with E-state index in [0.29, 0.717) is 17.6 Å². The molecule has 0 radical (unpaired) electrons. The molecule has 0 unspecified atom stereocenters. The molecule has 7 heteroatoms. The molecule has 0 amide bonds. The minimum absolute atomic E-state index is 0.0931. The van der Waals surface area contributed by atoms with Crippen molar-refractivity contribution in [2.24, 2.45) is 0 Å². The fourth-order valence-electron chi connectivity index (χ4n) is 1.39. The Morgan fingerprint density at radius 3 is 2.47 bits per heavy atom. The molecule has 108 valence electrons. The van der Waals surface area contributed by atoms with E-state index in [9.17, 15) is 8.42 Å². The fraction of sp³-hybridized carbons (Fsp3) is 0.500. The first-order chi connectivity index (χ1) is 8.75. The number of ether oxygens (including phenoxy) is 1. The van der Waals surface area contributed by atoms with Gasteiger partial charge in [0, 0.05) is 22.5 Å². The van der Waals surface area contributed by atoms with E-state index in [4.69, 9.17) is 4.74 Å². The standard InChI is InChI=1S/C12H17Br2NO3S/c1-9(2)18-7-6-15(3)19(16,17)12-5-4-10(13)8-11(12)14/h4-5,8-9H,6-7H2,1-3H3. The van der Waals surface area contributed by atoms with Crippen LogP contribution in [-0.4, -0.2) is 39.0 Å². The minimum atomic E-state index is -3.50. The molecule has 0 saturated carbocycles. The SMILES string of the molecule is CC(C)OCCN(C)S(=O)(=O)c1ccc(Br)cc1Br. The molecule has 1 aromatic rings. The van der Waals surface area contributed by atoms with Crippen molar-refractivity contribution >= 4 is 41.9 Å². The monoisotopic (exact) mass is 413 g/mol. The molecule has 0 atom stereocenters. The van der Waals surface area contributed by atoms with Crippen molar-refractivity contribution in [3.8, 4) is 0 Å². The fourth-order valence-corrected chi connectivity index (χ4v) is 4.25. The van der Waals surface area contributed by atoms with E-state index in [2.05, 4.69) is 31.9 Å². The van der Waals surface area contributed by atoms with E-state index in [1.54, 1.807) is 25.2 Å². The van der Waals surface area contributed by atoms with E-state index in [1.165, 1.54) is 4.31 Å². The molecule has 4 nitrogen and oxygen atoms in total. The van der Waals surface area contributed by atoms with Crippen molar-refractivity contribution in [3.05, 3.63) is 27.1 Å². The average Bonchev–Trinajstić information content (AvgIpc) is 2.27. The highest BCUT2D eigenvalue weighted by molar-refractivity contribution is 9.11. The zero-order valence-electron chi connectivity index (χ0n) is 11.1. The molecule has 0 heterocycles. The predicted molar refractivity (Wildman–Crippen MR) is 82.7 cm³/mol. The molecule has 0 N–H and O–H groups in total. The highest BCUT2D eigenvalue weighted by Crippen LogP contribution is 2.27. The summed E-state index contributed by atoms with van der Waals surface area (Å²) in [6, 6.07) is 4.99.